The second-order valence-corrected chi connectivity index (χ2v) is 5.29. The Morgan fingerprint density at radius 1 is 1.15 bits per heavy atom. The molecular formula is C16H15IO3. The van der Waals surface area contributed by atoms with Crippen LogP contribution in [0.5, 0.6) is 11.5 Å². The van der Waals surface area contributed by atoms with Crippen LogP contribution in [0.1, 0.15) is 11.1 Å². The second kappa shape index (κ2) is 7.28. The topological polar surface area (TPSA) is 35.5 Å². The van der Waals surface area contributed by atoms with Crippen molar-refractivity contribution in [2.45, 2.75) is 13.0 Å². The molecule has 0 heterocycles. The van der Waals surface area contributed by atoms with Crippen molar-refractivity contribution in [1.82, 2.24) is 0 Å². The van der Waals surface area contributed by atoms with Gasteiger partial charge in [-0.15, -0.1) is 0 Å². The number of carbonyl (C=O) groups excluding carboxylic acids is 1. The van der Waals surface area contributed by atoms with Crippen LogP contribution in [-0.2, 0) is 17.8 Å². The Bertz CT molecular complexity index is 582. The van der Waals surface area contributed by atoms with Crippen molar-refractivity contribution >= 4 is 28.9 Å². The first-order valence-corrected chi connectivity index (χ1v) is 7.30. The number of benzene rings is 2. The summed E-state index contributed by atoms with van der Waals surface area (Å²) in [7, 11) is 1.61. The van der Waals surface area contributed by atoms with Crippen LogP contribution in [0.3, 0.4) is 0 Å². The first-order chi connectivity index (χ1) is 9.76. The van der Waals surface area contributed by atoms with E-state index in [2.05, 4.69) is 22.6 Å². The van der Waals surface area contributed by atoms with Gasteiger partial charge in [0.15, 0.2) is 11.5 Å². The third-order valence-corrected chi connectivity index (χ3v) is 4.07. The summed E-state index contributed by atoms with van der Waals surface area (Å²) in [6.07, 6.45) is 1.27. The lowest BCUT2D eigenvalue weighted by molar-refractivity contribution is -0.107. The van der Waals surface area contributed by atoms with Crippen LogP contribution in [0.15, 0.2) is 42.5 Å². The standard InChI is InChI=1S/C16H15IO3/c1-19-14-8-7-13(9-10-18)15(17)16(14)20-11-12-5-3-2-4-6-12/h2-8,10H,9,11H2,1H3. The van der Waals surface area contributed by atoms with Crippen LogP contribution < -0.4 is 9.47 Å². The van der Waals surface area contributed by atoms with Crippen LogP contribution >= 0.6 is 22.6 Å². The van der Waals surface area contributed by atoms with Crippen molar-refractivity contribution in [3.05, 3.63) is 57.2 Å². The van der Waals surface area contributed by atoms with E-state index in [4.69, 9.17) is 9.47 Å². The average Bonchev–Trinajstić information content (AvgIpc) is 2.49. The molecule has 0 N–H and O–H groups in total. The molecule has 0 saturated heterocycles. The fraction of sp³-hybridized carbons (Fsp3) is 0.188. The summed E-state index contributed by atoms with van der Waals surface area (Å²) in [5.41, 5.74) is 2.04. The maximum Gasteiger partial charge on any atom is 0.175 e. The van der Waals surface area contributed by atoms with E-state index in [0.29, 0.717) is 24.5 Å². The van der Waals surface area contributed by atoms with E-state index in [1.165, 1.54) is 0 Å². The zero-order valence-electron chi connectivity index (χ0n) is 11.1. The van der Waals surface area contributed by atoms with Crippen molar-refractivity contribution < 1.29 is 14.3 Å². The Kier molecular flexibility index (Phi) is 5.40. The summed E-state index contributed by atoms with van der Waals surface area (Å²) >= 11 is 2.19. The molecule has 4 heteroatoms. The van der Waals surface area contributed by atoms with E-state index >= 15 is 0 Å². The predicted molar refractivity (Wildman–Crippen MR) is 86.3 cm³/mol. The Labute approximate surface area is 132 Å². The number of halogens is 1. The summed E-state index contributed by atoms with van der Waals surface area (Å²) in [6, 6.07) is 13.7. The van der Waals surface area contributed by atoms with Gasteiger partial charge in [-0.25, -0.2) is 0 Å². The van der Waals surface area contributed by atoms with Gasteiger partial charge in [-0.05, 0) is 39.8 Å². The van der Waals surface area contributed by atoms with Crippen LogP contribution in [0.4, 0.5) is 0 Å². The molecule has 104 valence electrons. The van der Waals surface area contributed by atoms with E-state index in [9.17, 15) is 4.79 Å². The molecule has 2 aromatic carbocycles. The van der Waals surface area contributed by atoms with E-state index in [0.717, 1.165) is 21.0 Å². The fourth-order valence-corrected chi connectivity index (χ4v) is 2.67. The maximum absolute atomic E-state index is 10.7. The lowest BCUT2D eigenvalue weighted by Gasteiger charge is -2.14. The van der Waals surface area contributed by atoms with Crippen LogP contribution in [0.2, 0.25) is 0 Å². The zero-order chi connectivity index (χ0) is 14.4. The fourth-order valence-electron chi connectivity index (χ4n) is 1.85. The molecule has 2 rings (SSSR count). The first-order valence-electron chi connectivity index (χ1n) is 6.22. The summed E-state index contributed by atoms with van der Waals surface area (Å²) in [4.78, 5) is 10.7. The summed E-state index contributed by atoms with van der Waals surface area (Å²) in [5.74, 6) is 1.37. The van der Waals surface area contributed by atoms with Gasteiger partial charge in [-0.2, -0.15) is 0 Å². The molecular weight excluding hydrogens is 367 g/mol. The molecule has 20 heavy (non-hydrogen) atoms. The SMILES string of the molecule is COc1ccc(CC=O)c(I)c1OCc1ccccc1. The first kappa shape index (κ1) is 14.8. The normalized spacial score (nSPS) is 10.1. The van der Waals surface area contributed by atoms with Crippen LogP contribution in [0, 0.1) is 3.57 Å². The number of hydrogen-bond acceptors (Lipinski definition) is 3. The highest BCUT2D eigenvalue weighted by Gasteiger charge is 2.13. The largest absolute Gasteiger partial charge is 0.493 e. The smallest absolute Gasteiger partial charge is 0.175 e. The average molecular weight is 382 g/mol. The van der Waals surface area contributed by atoms with Crippen molar-refractivity contribution in [2.24, 2.45) is 0 Å². The summed E-state index contributed by atoms with van der Waals surface area (Å²) < 4.78 is 12.1. The highest BCUT2D eigenvalue weighted by atomic mass is 127. The highest BCUT2D eigenvalue weighted by molar-refractivity contribution is 14.1. The van der Waals surface area contributed by atoms with Gasteiger partial charge in [0.1, 0.15) is 12.9 Å². The minimum atomic E-state index is 0.379. The minimum absolute atomic E-state index is 0.379. The molecule has 2 aromatic rings. The maximum atomic E-state index is 10.7. The van der Waals surface area contributed by atoms with Gasteiger partial charge in [-0.3, -0.25) is 0 Å². The number of rotatable bonds is 6. The quantitative estimate of drug-likeness (QED) is 0.566. The number of carbonyl (C=O) groups is 1. The highest BCUT2D eigenvalue weighted by Crippen LogP contribution is 2.35. The Hall–Kier alpha value is -1.56. The van der Waals surface area contributed by atoms with E-state index in [1.807, 2.05) is 42.5 Å². The predicted octanol–water partition coefficient (Wildman–Crippen LogP) is 3.62. The molecule has 0 radical (unpaired) electrons. The van der Waals surface area contributed by atoms with Gasteiger partial charge >= 0.3 is 0 Å². The van der Waals surface area contributed by atoms with E-state index in [1.54, 1.807) is 7.11 Å². The molecule has 0 amide bonds. The van der Waals surface area contributed by atoms with E-state index < -0.39 is 0 Å². The number of ether oxygens (including phenoxy) is 2. The van der Waals surface area contributed by atoms with Crippen molar-refractivity contribution in [1.29, 1.82) is 0 Å². The van der Waals surface area contributed by atoms with Crippen LogP contribution in [-0.4, -0.2) is 13.4 Å². The molecule has 0 aromatic heterocycles. The third-order valence-electron chi connectivity index (χ3n) is 2.89. The Morgan fingerprint density at radius 3 is 2.55 bits per heavy atom. The molecule has 0 spiro atoms. The number of hydrogen-bond donors (Lipinski definition) is 0. The van der Waals surface area contributed by atoms with Gasteiger partial charge in [-0.1, -0.05) is 36.4 Å². The Balaban J connectivity index is 2.24. The van der Waals surface area contributed by atoms with Gasteiger partial charge in [0.05, 0.1) is 10.7 Å². The molecule has 0 fully saturated rings. The Morgan fingerprint density at radius 2 is 1.90 bits per heavy atom. The number of aldehydes is 1. The van der Waals surface area contributed by atoms with Gasteiger partial charge in [0.2, 0.25) is 0 Å². The van der Waals surface area contributed by atoms with Gasteiger partial charge < -0.3 is 14.3 Å². The molecule has 0 unspecified atom stereocenters. The number of methoxy groups -OCH3 is 1. The molecule has 0 aliphatic rings. The lowest BCUT2D eigenvalue weighted by atomic mass is 10.1. The minimum Gasteiger partial charge on any atom is -0.493 e. The molecule has 0 bridgehead atoms. The van der Waals surface area contributed by atoms with Crippen molar-refractivity contribution in [3.8, 4) is 11.5 Å². The molecule has 0 aliphatic carbocycles. The third kappa shape index (κ3) is 3.50. The molecule has 3 nitrogen and oxygen atoms in total. The van der Waals surface area contributed by atoms with Gasteiger partial charge in [0, 0.05) is 6.42 Å². The molecule has 0 saturated carbocycles. The molecule has 0 aliphatic heterocycles. The van der Waals surface area contributed by atoms with Crippen molar-refractivity contribution in [3.63, 3.8) is 0 Å². The van der Waals surface area contributed by atoms with E-state index in [-0.39, 0.29) is 0 Å². The van der Waals surface area contributed by atoms with Gasteiger partial charge in [0.25, 0.3) is 0 Å². The zero-order valence-corrected chi connectivity index (χ0v) is 13.3. The molecule has 0 atom stereocenters. The summed E-state index contributed by atoms with van der Waals surface area (Å²) in [5, 5.41) is 0. The second-order valence-electron chi connectivity index (χ2n) is 4.22. The summed E-state index contributed by atoms with van der Waals surface area (Å²) in [6.45, 7) is 0.470. The van der Waals surface area contributed by atoms with Crippen molar-refractivity contribution in [2.75, 3.05) is 7.11 Å². The van der Waals surface area contributed by atoms with Crippen LogP contribution in [0.25, 0.3) is 0 Å². The lowest BCUT2D eigenvalue weighted by Crippen LogP contribution is -2.02. The monoisotopic (exact) mass is 382 g/mol.